The van der Waals surface area contributed by atoms with Crippen LogP contribution < -0.4 is 0 Å². The normalized spacial score (nSPS) is 14.4. The van der Waals surface area contributed by atoms with Crippen molar-refractivity contribution >= 4 is 0 Å². The number of aliphatic hydroxyl groups excluding tert-OH is 4. The molecule has 0 aliphatic rings. The van der Waals surface area contributed by atoms with Gasteiger partial charge in [-0.05, 0) is 161 Å². The number of unbranched alkanes of at least 4 members (excludes halogenated alkanes) is 24. The third-order valence-electron chi connectivity index (χ3n) is 15.4. The predicted molar refractivity (Wildman–Crippen MR) is 355 cm³/mol. The Morgan fingerprint density at radius 2 is 0.450 bits per heavy atom. The summed E-state index contributed by atoms with van der Waals surface area (Å²) in [5.74, 6) is 0. The van der Waals surface area contributed by atoms with Crippen molar-refractivity contribution in [1.29, 1.82) is 0 Å². The molecule has 0 amide bonds. The molecule has 0 spiro atoms. The monoisotopic (exact) mass is 1120 g/mol. The Labute approximate surface area is 498 Å². The van der Waals surface area contributed by atoms with Gasteiger partial charge in [-0.25, -0.2) is 0 Å². The topological polar surface area (TPSA) is 90.6 Å². The van der Waals surface area contributed by atoms with Gasteiger partial charge in [0.05, 0.1) is 24.4 Å². The van der Waals surface area contributed by atoms with Crippen molar-refractivity contribution in [3.05, 3.63) is 97.2 Å². The molecule has 7 nitrogen and oxygen atoms in total. The smallest absolute Gasteiger partial charge is 0.0667 e. The lowest BCUT2D eigenvalue weighted by molar-refractivity contribution is 0.0494. The van der Waals surface area contributed by atoms with Gasteiger partial charge < -0.3 is 25.3 Å². The third kappa shape index (κ3) is 60.2. The van der Waals surface area contributed by atoms with E-state index in [1.165, 1.54) is 128 Å². The lowest BCUT2D eigenvalue weighted by Gasteiger charge is -2.31. The lowest BCUT2D eigenvalue weighted by Crippen LogP contribution is -2.44. The molecule has 4 atom stereocenters. The molecule has 466 valence electrons. The maximum atomic E-state index is 11.3. The Kier molecular flexibility index (Phi) is 62.3. The highest BCUT2D eigenvalue weighted by atomic mass is 16.3. The zero-order chi connectivity index (χ0) is 58.3. The van der Waals surface area contributed by atoms with Crippen molar-refractivity contribution < 1.29 is 20.4 Å². The van der Waals surface area contributed by atoms with Gasteiger partial charge in [0.25, 0.3) is 0 Å². The Morgan fingerprint density at radius 3 is 0.650 bits per heavy atom. The molecule has 0 aromatic heterocycles. The number of aliphatic hydroxyl groups is 4. The van der Waals surface area contributed by atoms with Gasteiger partial charge in [0, 0.05) is 52.4 Å². The van der Waals surface area contributed by atoms with E-state index in [0.29, 0.717) is 26.2 Å². The number of hydrogen-bond acceptors (Lipinski definition) is 7. The molecule has 4 unspecified atom stereocenters. The molecule has 7 heteroatoms. The van der Waals surface area contributed by atoms with E-state index in [0.717, 1.165) is 155 Å². The lowest BCUT2D eigenvalue weighted by atomic mass is 10.1. The molecule has 80 heavy (non-hydrogen) atoms. The van der Waals surface area contributed by atoms with Crippen LogP contribution in [0.3, 0.4) is 0 Å². The summed E-state index contributed by atoms with van der Waals surface area (Å²) < 4.78 is 0. The summed E-state index contributed by atoms with van der Waals surface area (Å²) in [5.41, 5.74) is 0. The SMILES string of the molecule is CCCCCC/C=C\C/C=C\CCCCC(O)CN(CCN(C)CCN(CC(O)CCCC/C=C\C/C=C\CCCCCC)CC(O)CCCC/C=C\C/C=C\CCCCCC)CC(O)CCCC/C=C\C/C=C\CCCCCC. The molecule has 0 bridgehead atoms. The highest BCUT2D eigenvalue weighted by Gasteiger charge is 2.19. The third-order valence-corrected chi connectivity index (χ3v) is 15.4. The number of allylic oxidation sites excluding steroid dienone is 16. The molecule has 4 N–H and O–H groups in total. The summed E-state index contributed by atoms with van der Waals surface area (Å²) >= 11 is 0. The molecule has 0 fully saturated rings. The van der Waals surface area contributed by atoms with Crippen LogP contribution in [-0.2, 0) is 0 Å². The zero-order valence-corrected chi connectivity index (χ0v) is 53.6. The van der Waals surface area contributed by atoms with Gasteiger partial charge in [0.2, 0.25) is 0 Å². The summed E-state index contributed by atoms with van der Waals surface area (Å²) in [4.78, 5) is 6.94. The van der Waals surface area contributed by atoms with Gasteiger partial charge in [-0.15, -0.1) is 0 Å². The molecular formula is C73H135N3O4. The van der Waals surface area contributed by atoms with Crippen molar-refractivity contribution in [3.8, 4) is 0 Å². The number of nitrogens with zero attached hydrogens (tertiary/aromatic N) is 3. The van der Waals surface area contributed by atoms with E-state index >= 15 is 0 Å². The average Bonchev–Trinajstić information content (AvgIpc) is 3.44. The van der Waals surface area contributed by atoms with E-state index in [2.05, 4.69) is 147 Å². The summed E-state index contributed by atoms with van der Waals surface area (Å²) in [6.45, 7) is 14.5. The van der Waals surface area contributed by atoms with Gasteiger partial charge in [-0.3, -0.25) is 9.80 Å². The molecule has 0 rings (SSSR count). The first-order valence-corrected chi connectivity index (χ1v) is 34.3. The minimum atomic E-state index is -0.424. The molecule has 0 aromatic rings. The Balaban J connectivity index is 5.41. The van der Waals surface area contributed by atoms with Gasteiger partial charge in [0.1, 0.15) is 0 Å². The van der Waals surface area contributed by atoms with Crippen molar-refractivity contribution in [3.63, 3.8) is 0 Å². The van der Waals surface area contributed by atoms with Crippen LogP contribution in [0.15, 0.2) is 97.2 Å². The van der Waals surface area contributed by atoms with E-state index in [1.807, 2.05) is 0 Å². The fraction of sp³-hybridized carbons (Fsp3) is 0.781. The summed E-state index contributed by atoms with van der Waals surface area (Å²) in [6.07, 6.45) is 80.4. The second-order valence-electron chi connectivity index (χ2n) is 23.7. The fourth-order valence-corrected chi connectivity index (χ4v) is 10.2. The number of rotatable bonds is 62. The van der Waals surface area contributed by atoms with Crippen molar-refractivity contribution in [2.24, 2.45) is 0 Å². The molecular weight excluding hydrogens is 983 g/mol. The van der Waals surface area contributed by atoms with Crippen LogP contribution >= 0.6 is 0 Å². The first-order valence-electron chi connectivity index (χ1n) is 34.3. The summed E-state index contributed by atoms with van der Waals surface area (Å²) in [5, 5.41) is 45.3. The first-order chi connectivity index (χ1) is 39.2. The van der Waals surface area contributed by atoms with Crippen LogP contribution in [0.25, 0.3) is 0 Å². The van der Waals surface area contributed by atoms with Crippen LogP contribution in [0.5, 0.6) is 0 Å². The Bertz CT molecular complexity index is 1280. The average molecular weight is 1120 g/mol. The van der Waals surface area contributed by atoms with Crippen LogP contribution in [0, 0.1) is 0 Å². The molecule has 0 saturated heterocycles. The Hall–Kier alpha value is -2.36. The number of likely N-dealkylation sites (N-methyl/N-ethyl adjacent to an activating group) is 1. The molecule has 0 aliphatic carbocycles. The van der Waals surface area contributed by atoms with Crippen LogP contribution in [0.2, 0.25) is 0 Å². The summed E-state index contributed by atoms with van der Waals surface area (Å²) in [6, 6.07) is 0. The van der Waals surface area contributed by atoms with Crippen LogP contribution in [0.1, 0.15) is 285 Å². The Morgan fingerprint density at radius 1 is 0.250 bits per heavy atom. The van der Waals surface area contributed by atoms with Gasteiger partial charge in [0.15, 0.2) is 0 Å². The number of hydrogen-bond donors (Lipinski definition) is 4. The van der Waals surface area contributed by atoms with Gasteiger partial charge in [-0.2, -0.15) is 0 Å². The largest absolute Gasteiger partial charge is 0.392 e. The van der Waals surface area contributed by atoms with E-state index < -0.39 is 24.4 Å². The second kappa shape index (κ2) is 64.2. The van der Waals surface area contributed by atoms with Crippen molar-refractivity contribution in [1.82, 2.24) is 14.7 Å². The highest BCUT2D eigenvalue weighted by Crippen LogP contribution is 2.14. The van der Waals surface area contributed by atoms with E-state index in [4.69, 9.17) is 0 Å². The van der Waals surface area contributed by atoms with E-state index in [1.54, 1.807) is 0 Å². The first kappa shape index (κ1) is 77.6. The molecule has 0 heterocycles. The standard InChI is InChI=1S/C73H135N3O4/c1-6-10-14-18-22-26-30-34-38-42-46-50-54-58-70(77)66-75(67-71(78)59-55-51-47-43-39-35-31-27-23-19-15-11-7-2)64-62-74(5)63-65-76(68-72(79)60-56-52-48-44-40-36-32-28-24-20-16-12-8-3)69-73(80)61-57-53-49-45-41-37-33-29-25-21-17-13-9-4/h26-33,38-45,70-73,77-80H,6-25,34-37,46-69H2,1-5H3/b30-26-,31-27-,32-28-,33-29-,42-38-,43-39-,44-40-,45-41-. The predicted octanol–water partition coefficient (Wildman–Crippen LogP) is 19.1. The maximum absolute atomic E-state index is 11.3. The van der Waals surface area contributed by atoms with E-state index in [9.17, 15) is 20.4 Å². The van der Waals surface area contributed by atoms with Gasteiger partial charge in [-0.1, -0.05) is 228 Å². The highest BCUT2D eigenvalue weighted by molar-refractivity contribution is 4.95. The molecule has 0 radical (unpaired) electrons. The second-order valence-corrected chi connectivity index (χ2v) is 23.7. The van der Waals surface area contributed by atoms with Crippen molar-refractivity contribution in [2.75, 3.05) is 59.4 Å². The van der Waals surface area contributed by atoms with Gasteiger partial charge >= 0.3 is 0 Å². The minimum Gasteiger partial charge on any atom is -0.392 e. The van der Waals surface area contributed by atoms with E-state index in [-0.39, 0.29) is 0 Å². The molecule has 0 aliphatic heterocycles. The molecule has 0 saturated carbocycles. The van der Waals surface area contributed by atoms with Crippen LogP contribution in [0.4, 0.5) is 0 Å². The minimum absolute atomic E-state index is 0.424. The summed E-state index contributed by atoms with van der Waals surface area (Å²) in [7, 11) is 2.16. The quantitative estimate of drug-likeness (QED) is 0.0356. The maximum Gasteiger partial charge on any atom is 0.0667 e. The van der Waals surface area contributed by atoms with Crippen molar-refractivity contribution in [2.45, 2.75) is 309 Å². The van der Waals surface area contributed by atoms with Crippen LogP contribution in [-0.4, -0.2) is 119 Å². The molecule has 0 aromatic carbocycles. The fourth-order valence-electron chi connectivity index (χ4n) is 10.2. The zero-order valence-electron chi connectivity index (χ0n) is 53.6.